The lowest BCUT2D eigenvalue weighted by Crippen LogP contribution is -2.57. The Kier molecular flexibility index (Phi) is 7.51. The number of piperazine rings is 1. The van der Waals surface area contributed by atoms with Gasteiger partial charge in [-0.1, -0.05) is 37.0 Å². The minimum Gasteiger partial charge on any atom is -0.466 e. The van der Waals surface area contributed by atoms with Gasteiger partial charge in [0.25, 0.3) is 11.5 Å². The van der Waals surface area contributed by atoms with Crippen molar-refractivity contribution in [3.63, 3.8) is 0 Å². The van der Waals surface area contributed by atoms with Gasteiger partial charge in [0.05, 0.1) is 23.5 Å². The average Bonchev–Trinajstić information content (AvgIpc) is 3.10. The number of carbonyl (C=O) groups is 3. The van der Waals surface area contributed by atoms with Crippen LogP contribution in [0.2, 0.25) is 0 Å². The van der Waals surface area contributed by atoms with Gasteiger partial charge in [0.1, 0.15) is 21.8 Å². The number of hydrogen-bond acceptors (Lipinski definition) is 9. The van der Waals surface area contributed by atoms with E-state index in [1.807, 2.05) is 6.92 Å². The molecule has 2 aromatic rings. The molecular weight excluding hydrogens is 490 g/mol. The number of anilines is 1. The van der Waals surface area contributed by atoms with Crippen LogP contribution in [0.5, 0.6) is 0 Å². The first-order valence-electron chi connectivity index (χ1n) is 11.3. The van der Waals surface area contributed by atoms with Crippen molar-refractivity contribution in [1.82, 2.24) is 19.6 Å². The molecule has 0 radical (unpaired) electrons. The number of amides is 2. The molecule has 35 heavy (non-hydrogen) atoms. The van der Waals surface area contributed by atoms with Crippen molar-refractivity contribution in [2.45, 2.75) is 32.7 Å². The van der Waals surface area contributed by atoms with E-state index in [-0.39, 0.29) is 36.2 Å². The van der Waals surface area contributed by atoms with Gasteiger partial charge >= 0.3 is 5.97 Å². The second-order valence-corrected chi connectivity index (χ2v) is 9.60. The Hall–Kier alpha value is -3.25. The molecule has 1 N–H and O–H groups in total. The molecule has 0 aromatic carbocycles. The molecule has 0 bridgehead atoms. The zero-order valence-corrected chi connectivity index (χ0v) is 21.0. The lowest BCUT2D eigenvalue weighted by atomic mass is 10.1. The standard InChI is InChI=1S/C23H25N5O5S2/c1-3-9-28-22(32)16(35-23(28)34)12-14-19(25-17-7-5-6-10-27(17)21(14)31)26-11-8-24-20(30)15(26)13-18(29)33-4-2/h5-7,10,12,15H,3-4,8-9,11,13H2,1-2H3,(H,24,30)/b16-12-. The zero-order valence-electron chi connectivity index (χ0n) is 19.4. The number of rotatable bonds is 7. The van der Waals surface area contributed by atoms with Gasteiger partial charge in [-0.3, -0.25) is 28.5 Å². The Morgan fingerprint density at radius 3 is 2.86 bits per heavy atom. The first-order valence-corrected chi connectivity index (χ1v) is 12.5. The quantitative estimate of drug-likeness (QED) is 0.333. The number of aromatic nitrogens is 2. The number of fused-ring (bicyclic) bond motifs is 1. The van der Waals surface area contributed by atoms with Crippen LogP contribution >= 0.6 is 24.0 Å². The third kappa shape index (κ3) is 4.94. The van der Waals surface area contributed by atoms with Crippen molar-refractivity contribution in [3.05, 3.63) is 45.2 Å². The highest BCUT2D eigenvalue weighted by molar-refractivity contribution is 8.26. The summed E-state index contributed by atoms with van der Waals surface area (Å²) in [7, 11) is 0. The Morgan fingerprint density at radius 2 is 2.11 bits per heavy atom. The molecule has 10 nitrogen and oxygen atoms in total. The van der Waals surface area contributed by atoms with Crippen molar-refractivity contribution < 1.29 is 19.1 Å². The van der Waals surface area contributed by atoms with Crippen LogP contribution in [-0.4, -0.2) is 68.7 Å². The first kappa shape index (κ1) is 24.9. The van der Waals surface area contributed by atoms with E-state index in [1.54, 1.807) is 36.2 Å². The summed E-state index contributed by atoms with van der Waals surface area (Å²) in [6.45, 7) is 4.95. The molecule has 2 amide bonds. The molecule has 2 aliphatic heterocycles. The van der Waals surface area contributed by atoms with Gasteiger partial charge in [0.2, 0.25) is 5.91 Å². The fourth-order valence-electron chi connectivity index (χ4n) is 4.03. The minimum atomic E-state index is -0.914. The fraction of sp³-hybridized carbons (Fsp3) is 0.391. The highest BCUT2D eigenvalue weighted by atomic mass is 32.2. The predicted molar refractivity (Wildman–Crippen MR) is 137 cm³/mol. The summed E-state index contributed by atoms with van der Waals surface area (Å²) < 4.78 is 6.87. The van der Waals surface area contributed by atoms with Gasteiger partial charge < -0.3 is 15.0 Å². The van der Waals surface area contributed by atoms with Crippen molar-refractivity contribution in [1.29, 1.82) is 0 Å². The number of nitrogens with zero attached hydrogens (tertiary/aromatic N) is 4. The number of thioether (sulfide) groups is 1. The smallest absolute Gasteiger partial charge is 0.308 e. The Morgan fingerprint density at radius 1 is 1.31 bits per heavy atom. The lowest BCUT2D eigenvalue weighted by Gasteiger charge is -2.36. The number of hydrogen-bond donors (Lipinski definition) is 1. The van der Waals surface area contributed by atoms with Crippen LogP contribution in [-0.2, 0) is 19.1 Å². The molecular formula is C23H25N5O5S2. The summed E-state index contributed by atoms with van der Waals surface area (Å²) in [5, 5.41) is 2.76. The summed E-state index contributed by atoms with van der Waals surface area (Å²) in [4.78, 5) is 59.7. The lowest BCUT2D eigenvalue weighted by molar-refractivity contribution is -0.145. The SMILES string of the molecule is CCCN1C(=O)/C(=C/c2c(N3CCNC(=O)C3CC(=O)OCC)nc3ccccn3c2=O)SC1=S. The number of thiocarbonyl (C=S) groups is 1. The van der Waals surface area contributed by atoms with Gasteiger partial charge in [-0.05, 0) is 31.6 Å². The molecule has 1 unspecified atom stereocenters. The van der Waals surface area contributed by atoms with Crippen LogP contribution < -0.4 is 15.8 Å². The molecule has 2 saturated heterocycles. The van der Waals surface area contributed by atoms with E-state index < -0.39 is 17.6 Å². The maximum Gasteiger partial charge on any atom is 0.308 e. The molecule has 0 spiro atoms. The maximum absolute atomic E-state index is 13.6. The molecule has 2 aromatic heterocycles. The fourth-order valence-corrected chi connectivity index (χ4v) is 5.32. The average molecular weight is 516 g/mol. The normalized spacial score (nSPS) is 19.5. The number of esters is 1. The second kappa shape index (κ2) is 10.6. The number of ether oxygens (including phenoxy) is 1. The van der Waals surface area contributed by atoms with E-state index in [0.29, 0.717) is 34.5 Å². The van der Waals surface area contributed by atoms with Crippen molar-refractivity contribution >= 4 is 63.6 Å². The second-order valence-electron chi connectivity index (χ2n) is 7.93. The summed E-state index contributed by atoms with van der Waals surface area (Å²) in [5.41, 5.74) is 0.130. The predicted octanol–water partition coefficient (Wildman–Crippen LogP) is 1.56. The van der Waals surface area contributed by atoms with Gasteiger partial charge in [-0.2, -0.15) is 0 Å². The van der Waals surface area contributed by atoms with Crippen LogP contribution in [0.4, 0.5) is 5.82 Å². The van der Waals surface area contributed by atoms with Crippen molar-refractivity contribution in [3.8, 4) is 0 Å². The molecule has 2 aliphatic rings. The molecule has 4 rings (SSSR count). The minimum absolute atomic E-state index is 0.147. The highest BCUT2D eigenvalue weighted by Gasteiger charge is 2.36. The third-order valence-corrected chi connectivity index (χ3v) is 6.99. The first-order chi connectivity index (χ1) is 16.8. The number of pyridine rings is 1. The van der Waals surface area contributed by atoms with E-state index in [9.17, 15) is 19.2 Å². The van der Waals surface area contributed by atoms with E-state index in [0.717, 1.165) is 18.2 Å². The van der Waals surface area contributed by atoms with E-state index in [4.69, 9.17) is 17.0 Å². The monoisotopic (exact) mass is 515 g/mol. The Balaban J connectivity index is 1.86. The van der Waals surface area contributed by atoms with Crippen molar-refractivity contribution in [2.24, 2.45) is 0 Å². The highest BCUT2D eigenvalue weighted by Crippen LogP contribution is 2.34. The molecule has 184 valence electrons. The van der Waals surface area contributed by atoms with Gasteiger partial charge in [-0.25, -0.2) is 4.98 Å². The zero-order chi connectivity index (χ0) is 25.1. The summed E-state index contributed by atoms with van der Waals surface area (Å²) >= 11 is 6.49. The van der Waals surface area contributed by atoms with E-state index >= 15 is 0 Å². The molecule has 0 aliphatic carbocycles. The Bertz CT molecular complexity index is 1290. The summed E-state index contributed by atoms with van der Waals surface area (Å²) in [6, 6.07) is 4.22. The van der Waals surface area contributed by atoms with Gasteiger partial charge in [-0.15, -0.1) is 0 Å². The molecule has 1 atom stereocenters. The van der Waals surface area contributed by atoms with Crippen LogP contribution in [0.3, 0.4) is 0 Å². The van der Waals surface area contributed by atoms with Crippen LogP contribution in [0.25, 0.3) is 11.7 Å². The Labute approximate surface area is 211 Å². The number of nitrogens with one attached hydrogen (secondary N) is 1. The summed E-state index contributed by atoms with van der Waals surface area (Å²) in [6.07, 6.45) is 3.62. The van der Waals surface area contributed by atoms with Crippen molar-refractivity contribution in [2.75, 3.05) is 31.1 Å². The van der Waals surface area contributed by atoms with Gasteiger partial charge in [0.15, 0.2) is 0 Å². The van der Waals surface area contributed by atoms with E-state index in [2.05, 4.69) is 10.3 Å². The number of carbonyl (C=O) groups excluding carboxylic acids is 3. The molecule has 4 heterocycles. The molecule has 2 fully saturated rings. The molecule has 0 saturated carbocycles. The van der Waals surface area contributed by atoms with E-state index in [1.165, 1.54) is 15.4 Å². The van der Waals surface area contributed by atoms with Gasteiger partial charge in [0, 0.05) is 25.8 Å². The van der Waals surface area contributed by atoms with Crippen LogP contribution in [0.15, 0.2) is 34.1 Å². The summed E-state index contributed by atoms with van der Waals surface area (Å²) in [5.74, 6) is -0.936. The topological polar surface area (TPSA) is 113 Å². The molecule has 12 heteroatoms. The van der Waals surface area contributed by atoms with Crippen LogP contribution in [0, 0.1) is 0 Å². The largest absolute Gasteiger partial charge is 0.466 e. The van der Waals surface area contributed by atoms with Crippen LogP contribution in [0.1, 0.15) is 32.3 Å². The maximum atomic E-state index is 13.6. The third-order valence-electron chi connectivity index (χ3n) is 5.61.